The first kappa shape index (κ1) is 22.0. The molecule has 0 bridgehead atoms. The molecule has 2 amide bonds. The predicted octanol–water partition coefficient (Wildman–Crippen LogP) is 5.12. The maximum Gasteiger partial charge on any atom is 0.413 e. The van der Waals surface area contributed by atoms with E-state index in [-0.39, 0.29) is 22.9 Å². The van der Waals surface area contributed by atoms with Crippen LogP contribution < -0.4 is 10.2 Å². The number of ketones is 1. The number of hydrogen-bond donors (Lipinski definition) is 3. The summed E-state index contributed by atoms with van der Waals surface area (Å²) in [5.74, 6) is -0.649. The van der Waals surface area contributed by atoms with Gasteiger partial charge in [-0.15, -0.1) is 0 Å². The Kier molecular flexibility index (Phi) is 5.85. The number of H-pyrrole nitrogens is 1. The summed E-state index contributed by atoms with van der Waals surface area (Å²) in [6.07, 6.45) is -1.17. The van der Waals surface area contributed by atoms with Gasteiger partial charge in [-0.1, -0.05) is 35.9 Å². The van der Waals surface area contributed by atoms with Crippen LogP contribution in [0.4, 0.5) is 16.4 Å². The van der Waals surface area contributed by atoms with Gasteiger partial charge >= 0.3 is 6.09 Å². The van der Waals surface area contributed by atoms with Crippen LogP contribution in [0.2, 0.25) is 5.02 Å². The molecule has 3 N–H and O–H groups in total. The van der Waals surface area contributed by atoms with Gasteiger partial charge < -0.3 is 15.4 Å². The van der Waals surface area contributed by atoms with Gasteiger partial charge in [0.1, 0.15) is 0 Å². The van der Waals surface area contributed by atoms with E-state index in [1.165, 1.54) is 7.05 Å². The van der Waals surface area contributed by atoms with E-state index in [2.05, 4.69) is 15.3 Å². The second kappa shape index (κ2) is 8.76. The first-order chi connectivity index (χ1) is 15.7. The van der Waals surface area contributed by atoms with Crippen LogP contribution >= 0.6 is 11.6 Å². The number of nitrogens with zero attached hydrogens (tertiary/aromatic N) is 2. The number of aromatic nitrogens is 2. The third-order valence-corrected chi connectivity index (χ3v) is 5.44. The predicted molar refractivity (Wildman–Crippen MR) is 127 cm³/mol. The number of hydrogen-bond acceptors (Lipinski definition) is 4. The minimum absolute atomic E-state index is 0.138. The van der Waals surface area contributed by atoms with Gasteiger partial charge in [-0.05, 0) is 48.9 Å². The van der Waals surface area contributed by atoms with Crippen molar-refractivity contribution < 1.29 is 19.5 Å². The molecule has 0 spiro atoms. The van der Waals surface area contributed by atoms with E-state index in [4.69, 9.17) is 16.7 Å². The molecule has 33 heavy (non-hydrogen) atoms. The molecule has 0 saturated carbocycles. The van der Waals surface area contributed by atoms with Gasteiger partial charge in [0.2, 0.25) is 5.95 Å². The number of carbonyl (C=O) groups excluding carboxylic acids is 2. The summed E-state index contributed by atoms with van der Waals surface area (Å²) in [6, 6.07) is 16.5. The molecule has 8 nitrogen and oxygen atoms in total. The largest absolute Gasteiger partial charge is 0.465 e. The maximum absolute atomic E-state index is 13.3. The van der Waals surface area contributed by atoms with E-state index in [0.29, 0.717) is 27.3 Å². The number of carboxylic acid groups (broad SMARTS) is 1. The van der Waals surface area contributed by atoms with E-state index in [1.54, 1.807) is 60.7 Å². The Bertz CT molecular complexity index is 1410. The fourth-order valence-electron chi connectivity index (χ4n) is 3.34. The molecule has 0 aliphatic rings. The second-order valence-corrected chi connectivity index (χ2v) is 7.86. The number of anilines is 2. The van der Waals surface area contributed by atoms with Gasteiger partial charge in [0.05, 0.1) is 16.6 Å². The molecule has 0 atom stereocenters. The van der Waals surface area contributed by atoms with Crippen molar-refractivity contribution in [3.63, 3.8) is 0 Å². The number of nitrogens with one attached hydrogen (secondary N) is 2. The van der Waals surface area contributed by atoms with Crippen molar-refractivity contribution in [3.05, 3.63) is 87.9 Å². The van der Waals surface area contributed by atoms with E-state index >= 15 is 0 Å². The van der Waals surface area contributed by atoms with Gasteiger partial charge in [0.15, 0.2) is 5.78 Å². The molecule has 4 aromatic rings. The van der Waals surface area contributed by atoms with Crippen LogP contribution in [0.3, 0.4) is 0 Å². The number of aromatic amines is 1. The molecule has 3 aromatic carbocycles. The normalized spacial score (nSPS) is 10.8. The number of rotatable bonds is 5. The van der Waals surface area contributed by atoms with Gasteiger partial charge in [0.25, 0.3) is 5.91 Å². The summed E-state index contributed by atoms with van der Waals surface area (Å²) in [6.45, 7) is 1.85. The first-order valence-corrected chi connectivity index (χ1v) is 10.3. The standard InChI is InChI=1S/C24H19ClN4O4/c1-13-7-9-15(25)12-19(13)26-22(31)17-6-4-3-5-16(17)21(30)14-8-10-18-20(11-14)28-23(27-18)29(2)24(32)33/h3-12H,1-2H3,(H,26,31)(H,27,28)(H,32,33). The molecule has 9 heteroatoms. The Labute approximate surface area is 193 Å². The minimum Gasteiger partial charge on any atom is -0.465 e. The zero-order valence-corrected chi connectivity index (χ0v) is 18.5. The zero-order chi connectivity index (χ0) is 23.7. The SMILES string of the molecule is Cc1ccc(Cl)cc1NC(=O)c1ccccc1C(=O)c1ccc2nc(N(C)C(=O)O)[nH]c2c1. The van der Waals surface area contributed by atoms with Crippen LogP contribution in [0.5, 0.6) is 0 Å². The summed E-state index contributed by atoms with van der Waals surface area (Å²) in [5.41, 5.74) is 3.19. The number of halogens is 1. The number of aryl methyl sites for hydroxylation is 1. The highest BCUT2D eigenvalue weighted by Gasteiger charge is 2.20. The summed E-state index contributed by atoms with van der Waals surface area (Å²) >= 11 is 6.05. The molecule has 0 radical (unpaired) electrons. The lowest BCUT2D eigenvalue weighted by Crippen LogP contribution is -2.24. The number of fused-ring (bicyclic) bond motifs is 1. The summed E-state index contributed by atoms with van der Waals surface area (Å²) in [7, 11) is 1.36. The molecule has 166 valence electrons. The highest BCUT2D eigenvalue weighted by Crippen LogP contribution is 2.24. The zero-order valence-electron chi connectivity index (χ0n) is 17.7. The summed E-state index contributed by atoms with van der Waals surface area (Å²) in [4.78, 5) is 45.5. The van der Waals surface area contributed by atoms with Gasteiger partial charge in [-0.25, -0.2) is 9.78 Å². The van der Waals surface area contributed by atoms with E-state index in [9.17, 15) is 14.4 Å². The summed E-state index contributed by atoms with van der Waals surface area (Å²) < 4.78 is 0. The average molecular weight is 463 g/mol. The second-order valence-electron chi connectivity index (χ2n) is 7.42. The maximum atomic E-state index is 13.3. The van der Waals surface area contributed by atoms with Crippen LogP contribution in [0, 0.1) is 6.92 Å². The molecular formula is C24H19ClN4O4. The van der Waals surface area contributed by atoms with Crippen molar-refractivity contribution in [2.24, 2.45) is 0 Å². The third-order valence-electron chi connectivity index (χ3n) is 5.20. The monoisotopic (exact) mass is 462 g/mol. The molecule has 0 aliphatic carbocycles. The highest BCUT2D eigenvalue weighted by molar-refractivity contribution is 6.31. The molecule has 1 aromatic heterocycles. The number of carbonyl (C=O) groups is 3. The Morgan fingerprint density at radius 2 is 1.76 bits per heavy atom. The van der Waals surface area contributed by atoms with Crippen molar-refractivity contribution >= 4 is 52.1 Å². The Morgan fingerprint density at radius 3 is 2.48 bits per heavy atom. The Morgan fingerprint density at radius 1 is 1.03 bits per heavy atom. The highest BCUT2D eigenvalue weighted by atomic mass is 35.5. The van der Waals surface area contributed by atoms with Crippen LogP contribution in [-0.4, -0.2) is 39.9 Å². The molecule has 4 rings (SSSR count). The van der Waals surface area contributed by atoms with E-state index < -0.39 is 12.0 Å². The number of benzene rings is 3. The fourth-order valence-corrected chi connectivity index (χ4v) is 3.51. The first-order valence-electron chi connectivity index (χ1n) is 9.92. The average Bonchev–Trinajstić information content (AvgIpc) is 3.23. The molecule has 0 aliphatic heterocycles. The molecular weight excluding hydrogens is 444 g/mol. The molecule has 0 fully saturated rings. The van der Waals surface area contributed by atoms with Crippen LogP contribution in [-0.2, 0) is 0 Å². The van der Waals surface area contributed by atoms with Crippen molar-refractivity contribution in [3.8, 4) is 0 Å². The van der Waals surface area contributed by atoms with Crippen molar-refractivity contribution in [1.29, 1.82) is 0 Å². The van der Waals surface area contributed by atoms with Crippen molar-refractivity contribution in [2.75, 3.05) is 17.3 Å². The van der Waals surface area contributed by atoms with Crippen molar-refractivity contribution in [1.82, 2.24) is 9.97 Å². The van der Waals surface area contributed by atoms with Gasteiger partial charge in [-0.2, -0.15) is 0 Å². The van der Waals surface area contributed by atoms with Crippen LogP contribution in [0.1, 0.15) is 31.8 Å². The summed E-state index contributed by atoms with van der Waals surface area (Å²) in [5, 5.41) is 12.4. The lowest BCUT2D eigenvalue weighted by Gasteiger charge is -2.12. The Hall–Kier alpha value is -4.17. The Balaban J connectivity index is 1.66. The van der Waals surface area contributed by atoms with Crippen LogP contribution in [0.15, 0.2) is 60.7 Å². The topological polar surface area (TPSA) is 115 Å². The lowest BCUT2D eigenvalue weighted by atomic mass is 9.97. The van der Waals surface area contributed by atoms with E-state index in [1.807, 2.05) is 6.92 Å². The quantitative estimate of drug-likeness (QED) is 0.356. The number of amides is 2. The molecule has 0 saturated heterocycles. The van der Waals surface area contributed by atoms with Crippen molar-refractivity contribution in [2.45, 2.75) is 6.92 Å². The van der Waals surface area contributed by atoms with E-state index in [0.717, 1.165) is 10.5 Å². The lowest BCUT2D eigenvalue weighted by molar-refractivity contribution is 0.0996. The smallest absolute Gasteiger partial charge is 0.413 e. The van der Waals surface area contributed by atoms with Crippen LogP contribution in [0.25, 0.3) is 11.0 Å². The minimum atomic E-state index is -1.17. The molecule has 0 unspecified atom stereocenters. The molecule has 1 heterocycles. The number of imidazole rings is 1. The third kappa shape index (κ3) is 4.42. The van der Waals surface area contributed by atoms with Gasteiger partial charge in [-0.3, -0.25) is 14.5 Å². The van der Waals surface area contributed by atoms with Gasteiger partial charge in [0, 0.05) is 28.9 Å². The fraction of sp³-hybridized carbons (Fsp3) is 0.0833.